The van der Waals surface area contributed by atoms with E-state index >= 15 is 0 Å². The lowest BCUT2D eigenvalue weighted by Gasteiger charge is -2.17. The fourth-order valence-electron chi connectivity index (χ4n) is 2.17. The zero-order valence-corrected chi connectivity index (χ0v) is 13.8. The lowest BCUT2D eigenvalue weighted by atomic mass is 10.1. The molecule has 0 radical (unpaired) electrons. The van der Waals surface area contributed by atoms with Gasteiger partial charge in [0.2, 0.25) is 0 Å². The highest BCUT2D eigenvalue weighted by Gasteiger charge is 2.05. The SMILES string of the molecule is COc1ccc(NC(=S)NC(C)CCc2ccccc2)cc1. The number of thiocarbonyl (C=S) groups is 1. The van der Waals surface area contributed by atoms with Crippen molar-refractivity contribution < 1.29 is 4.74 Å². The van der Waals surface area contributed by atoms with Gasteiger partial charge in [0.05, 0.1) is 7.11 Å². The molecule has 0 aliphatic heterocycles. The zero-order valence-electron chi connectivity index (χ0n) is 13.0. The van der Waals surface area contributed by atoms with Crippen LogP contribution in [0.15, 0.2) is 54.6 Å². The molecule has 22 heavy (non-hydrogen) atoms. The zero-order chi connectivity index (χ0) is 15.8. The lowest BCUT2D eigenvalue weighted by Crippen LogP contribution is -2.36. The Morgan fingerprint density at radius 2 is 1.77 bits per heavy atom. The van der Waals surface area contributed by atoms with Crippen LogP contribution in [0.25, 0.3) is 0 Å². The molecule has 0 spiro atoms. The second-order valence-electron chi connectivity index (χ2n) is 5.25. The third-order valence-corrected chi connectivity index (χ3v) is 3.65. The van der Waals surface area contributed by atoms with Gasteiger partial charge in [0.15, 0.2) is 5.11 Å². The minimum Gasteiger partial charge on any atom is -0.497 e. The minimum atomic E-state index is 0.318. The summed E-state index contributed by atoms with van der Waals surface area (Å²) >= 11 is 5.35. The quantitative estimate of drug-likeness (QED) is 0.790. The standard InChI is InChI=1S/C18H22N2OS/c1-14(8-9-15-6-4-3-5-7-15)19-18(22)20-16-10-12-17(21-2)13-11-16/h3-7,10-14H,8-9H2,1-2H3,(H2,19,20,22). The lowest BCUT2D eigenvalue weighted by molar-refractivity contribution is 0.415. The molecule has 1 atom stereocenters. The van der Waals surface area contributed by atoms with E-state index in [2.05, 4.69) is 41.8 Å². The highest BCUT2D eigenvalue weighted by molar-refractivity contribution is 7.80. The maximum Gasteiger partial charge on any atom is 0.170 e. The van der Waals surface area contributed by atoms with Crippen molar-refractivity contribution in [2.45, 2.75) is 25.8 Å². The molecule has 2 N–H and O–H groups in total. The molecule has 0 saturated heterocycles. The molecule has 0 aliphatic rings. The van der Waals surface area contributed by atoms with Crippen LogP contribution in [-0.4, -0.2) is 18.3 Å². The van der Waals surface area contributed by atoms with Gasteiger partial charge in [-0.15, -0.1) is 0 Å². The summed E-state index contributed by atoms with van der Waals surface area (Å²) in [5, 5.41) is 7.15. The first kappa shape index (κ1) is 16.3. The average Bonchev–Trinajstić information content (AvgIpc) is 2.54. The van der Waals surface area contributed by atoms with E-state index in [0.717, 1.165) is 24.3 Å². The second kappa shape index (κ2) is 8.39. The Balaban J connectivity index is 1.75. The third-order valence-electron chi connectivity index (χ3n) is 3.43. The van der Waals surface area contributed by atoms with Crippen molar-refractivity contribution in [1.29, 1.82) is 0 Å². The van der Waals surface area contributed by atoms with Crippen LogP contribution in [0.1, 0.15) is 18.9 Å². The van der Waals surface area contributed by atoms with E-state index in [9.17, 15) is 0 Å². The number of anilines is 1. The molecule has 0 bridgehead atoms. The number of nitrogens with one attached hydrogen (secondary N) is 2. The van der Waals surface area contributed by atoms with E-state index in [4.69, 9.17) is 17.0 Å². The largest absolute Gasteiger partial charge is 0.497 e. The fraction of sp³-hybridized carbons (Fsp3) is 0.278. The molecule has 1 unspecified atom stereocenters. The molecule has 0 amide bonds. The first-order valence-electron chi connectivity index (χ1n) is 7.43. The van der Waals surface area contributed by atoms with Gasteiger partial charge in [-0.05, 0) is 61.8 Å². The number of aryl methyl sites for hydroxylation is 1. The van der Waals surface area contributed by atoms with Gasteiger partial charge in [-0.2, -0.15) is 0 Å². The Kier molecular flexibility index (Phi) is 6.22. The van der Waals surface area contributed by atoms with Gasteiger partial charge in [0.25, 0.3) is 0 Å². The monoisotopic (exact) mass is 314 g/mol. The van der Waals surface area contributed by atoms with Crippen LogP contribution in [0.3, 0.4) is 0 Å². The number of hydrogen-bond donors (Lipinski definition) is 2. The topological polar surface area (TPSA) is 33.3 Å². The summed E-state index contributed by atoms with van der Waals surface area (Å²) in [7, 11) is 1.66. The Bertz CT molecular complexity index is 584. The molecule has 3 nitrogen and oxygen atoms in total. The summed E-state index contributed by atoms with van der Waals surface area (Å²) in [6, 6.07) is 18.5. The van der Waals surface area contributed by atoms with Crippen molar-refractivity contribution in [3.63, 3.8) is 0 Å². The molecule has 0 fully saturated rings. The predicted octanol–water partition coefficient (Wildman–Crippen LogP) is 4.00. The number of ether oxygens (including phenoxy) is 1. The van der Waals surface area contributed by atoms with Gasteiger partial charge in [-0.1, -0.05) is 30.3 Å². The molecular formula is C18H22N2OS. The Hall–Kier alpha value is -2.07. The number of benzene rings is 2. The van der Waals surface area contributed by atoms with Gasteiger partial charge in [-0.25, -0.2) is 0 Å². The second-order valence-corrected chi connectivity index (χ2v) is 5.66. The van der Waals surface area contributed by atoms with Crippen molar-refractivity contribution in [1.82, 2.24) is 5.32 Å². The van der Waals surface area contributed by atoms with Gasteiger partial charge in [0, 0.05) is 11.7 Å². The molecule has 4 heteroatoms. The Morgan fingerprint density at radius 1 is 1.09 bits per heavy atom. The average molecular weight is 314 g/mol. The molecule has 0 saturated carbocycles. The Labute approximate surface area is 137 Å². The molecule has 116 valence electrons. The molecule has 0 aliphatic carbocycles. The molecular weight excluding hydrogens is 292 g/mol. The van der Waals surface area contributed by atoms with Crippen LogP contribution < -0.4 is 15.4 Å². The summed E-state index contributed by atoms with van der Waals surface area (Å²) in [5.41, 5.74) is 2.30. The maximum absolute atomic E-state index is 5.35. The summed E-state index contributed by atoms with van der Waals surface area (Å²) in [6.07, 6.45) is 2.08. The van der Waals surface area contributed by atoms with Gasteiger partial charge in [-0.3, -0.25) is 0 Å². The van der Waals surface area contributed by atoms with Crippen molar-refractivity contribution in [3.8, 4) is 5.75 Å². The number of rotatable bonds is 6. The summed E-state index contributed by atoms with van der Waals surface area (Å²) in [5.74, 6) is 0.834. The minimum absolute atomic E-state index is 0.318. The molecule has 2 rings (SSSR count). The normalized spacial score (nSPS) is 11.5. The smallest absolute Gasteiger partial charge is 0.170 e. The first-order chi connectivity index (χ1) is 10.7. The molecule has 2 aromatic carbocycles. The van der Waals surface area contributed by atoms with E-state index < -0.39 is 0 Å². The highest BCUT2D eigenvalue weighted by Crippen LogP contribution is 2.15. The predicted molar refractivity (Wildman–Crippen MR) is 96.6 cm³/mol. The third kappa shape index (κ3) is 5.37. The summed E-state index contributed by atoms with van der Waals surface area (Å²) in [6.45, 7) is 2.14. The van der Waals surface area contributed by atoms with Crippen molar-refractivity contribution >= 4 is 23.0 Å². The van der Waals surface area contributed by atoms with E-state index in [1.807, 2.05) is 30.3 Å². The van der Waals surface area contributed by atoms with Crippen LogP contribution in [0.2, 0.25) is 0 Å². The molecule has 0 heterocycles. The summed E-state index contributed by atoms with van der Waals surface area (Å²) in [4.78, 5) is 0. The van der Waals surface area contributed by atoms with E-state index in [1.165, 1.54) is 5.56 Å². The maximum atomic E-state index is 5.35. The van der Waals surface area contributed by atoms with Crippen LogP contribution in [0.5, 0.6) is 5.75 Å². The Morgan fingerprint density at radius 3 is 2.41 bits per heavy atom. The highest BCUT2D eigenvalue weighted by atomic mass is 32.1. The molecule has 2 aromatic rings. The van der Waals surface area contributed by atoms with Gasteiger partial charge < -0.3 is 15.4 Å². The van der Waals surface area contributed by atoms with E-state index in [-0.39, 0.29) is 0 Å². The van der Waals surface area contributed by atoms with E-state index in [1.54, 1.807) is 7.11 Å². The number of hydrogen-bond acceptors (Lipinski definition) is 2. The van der Waals surface area contributed by atoms with Crippen LogP contribution >= 0.6 is 12.2 Å². The van der Waals surface area contributed by atoms with Gasteiger partial charge in [0.1, 0.15) is 5.75 Å². The van der Waals surface area contributed by atoms with Gasteiger partial charge >= 0.3 is 0 Å². The van der Waals surface area contributed by atoms with Crippen LogP contribution in [0.4, 0.5) is 5.69 Å². The van der Waals surface area contributed by atoms with Crippen LogP contribution in [0, 0.1) is 0 Å². The fourth-order valence-corrected chi connectivity index (χ4v) is 2.48. The summed E-state index contributed by atoms with van der Waals surface area (Å²) < 4.78 is 5.14. The van der Waals surface area contributed by atoms with Crippen molar-refractivity contribution in [2.75, 3.05) is 12.4 Å². The number of methoxy groups -OCH3 is 1. The first-order valence-corrected chi connectivity index (χ1v) is 7.83. The van der Waals surface area contributed by atoms with E-state index in [0.29, 0.717) is 11.2 Å². The van der Waals surface area contributed by atoms with Crippen molar-refractivity contribution in [2.24, 2.45) is 0 Å². The van der Waals surface area contributed by atoms with Crippen molar-refractivity contribution in [3.05, 3.63) is 60.2 Å². The van der Waals surface area contributed by atoms with Crippen LogP contribution in [-0.2, 0) is 6.42 Å². The molecule has 0 aromatic heterocycles.